The van der Waals surface area contributed by atoms with Gasteiger partial charge in [-0.15, -0.1) is 6.42 Å². The molecule has 0 bridgehead atoms. The molecule has 90 valence electrons. The molecule has 1 aromatic carbocycles. The minimum absolute atomic E-state index is 0.333. The van der Waals surface area contributed by atoms with E-state index in [-0.39, 0.29) is 6.10 Å². The van der Waals surface area contributed by atoms with E-state index < -0.39 is 6.61 Å². The van der Waals surface area contributed by atoms with Gasteiger partial charge in [0.05, 0.1) is 6.10 Å². The van der Waals surface area contributed by atoms with Crippen LogP contribution in [0.4, 0.5) is 8.78 Å². The fourth-order valence-corrected chi connectivity index (χ4v) is 1.85. The fraction of sp³-hybridized carbons (Fsp3) is 0.385. The third-order valence-corrected chi connectivity index (χ3v) is 2.75. The van der Waals surface area contributed by atoms with Crippen LogP contribution in [0, 0.1) is 12.3 Å². The Labute approximate surface area is 99.2 Å². The first kappa shape index (κ1) is 12.0. The lowest BCUT2D eigenvalue weighted by Crippen LogP contribution is -2.52. The van der Waals surface area contributed by atoms with Gasteiger partial charge in [-0.2, -0.15) is 8.78 Å². The van der Waals surface area contributed by atoms with Gasteiger partial charge in [0, 0.05) is 25.2 Å². The number of ether oxygens (including phenoxy) is 1. The van der Waals surface area contributed by atoms with E-state index in [1.54, 1.807) is 0 Å². The van der Waals surface area contributed by atoms with Crippen molar-refractivity contribution in [3.05, 3.63) is 35.4 Å². The van der Waals surface area contributed by atoms with E-state index in [2.05, 4.69) is 15.6 Å². The Hall–Kier alpha value is -1.44. The maximum atomic E-state index is 11.9. The average molecular weight is 237 g/mol. The van der Waals surface area contributed by atoms with E-state index in [0.717, 1.165) is 17.7 Å². The smallest absolute Gasteiger partial charge is 0.317 e. The highest BCUT2D eigenvalue weighted by atomic mass is 19.3. The molecule has 2 rings (SSSR count). The number of halogens is 2. The summed E-state index contributed by atoms with van der Waals surface area (Å²) in [5.74, 6) is 2.55. The van der Waals surface area contributed by atoms with Crippen LogP contribution < -0.4 is 0 Å². The molecule has 0 radical (unpaired) electrons. The summed E-state index contributed by atoms with van der Waals surface area (Å²) >= 11 is 0. The minimum atomic E-state index is -2.67. The molecular formula is C13H13F2NO. The molecule has 17 heavy (non-hydrogen) atoms. The number of likely N-dealkylation sites (tertiary alicyclic amines) is 1. The normalized spacial score (nSPS) is 16.8. The van der Waals surface area contributed by atoms with Crippen molar-refractivity contribution in [3.63, 3.8) is 0 Å². The Morgan fingerprint density at radius 2 is 2.00 bits per heavy atom. The van der Waals surface area contributed by atoms with Crippen LogP contribution in [0.1, 0.15) is 11.1 Å². The molecule has 0 aliphatic carbocycles. The van der Waals surface area contributed by atoms with Crippen LogP contribution in [0.15, 0.2) is 24.3 Å². The summed E-state index contributed by atoms with van der Waals surface area (Å²) in [7, 11) is 0. The van der Waals surface area contributed by atoms with Gasteiger partial charge in [-0.25, -0.2) is 0 Å². The van der Waals surface area contributed by atoms with Gasteiger partial charge in [0.25, 0.3) is 0 Å². The first-order valence-electron chi connectivity index (χ1n) is 5.39. The quantitative estimate of drug-likeness (QED) is 0.743. The van der Waals surface area contributed by atoms with Gasteiger partial charge in [0.2, 0.25) is 0 Å². The van der Waals surface area contributed by atoms with Gasteiger partial charge in [0.15, 0.2) is 0 Å². The summed E-state index contributed by atoms with van der Waals surface area (Å²) in [5, 5.41) is 0. The lowest BCUT2D eigenvalue weighted by molar-refractivity contribution is -0.196. The molecule has 1 aliphatic rings. The van der Waals surface area contributed by atoms with Crippen LogP contribution >= 0.6 is 0 Å². The maximum Gasteiger partial charge on any atom is 0.345 e. The number of rotatable bonds is 4. The lowest BCUT2D eigenvalue weighted by atomic mass is 10.1. The van der Waals surface area contributed by atoms with Gasteiger partial charge < -0.3 is 4.74 Å². The summed E-state index contributed by atoms with van der Waals surface area (Å²) in [6.07, 6.45) is 4.92. The second-order valence-corrected chi connectivity index (χ2v) is 4.05. The van der Waals surface area contributed by atoms with Gasteiger partial charge in [-0.05, 0) is 17.7 Å². The molecule has 0 atom stereocenters. The van der Waals surface area contributed by atoms with Crippen LogP contribution in [-0.2, 0) is 11.3 Å². The number of terminal acetylenes is 1. The maximum absolute atomic E-state index is 11.9. The molecule has 1 aromatic rings. The summed E-state index contributed by atoms with van der Waals surface area (Å²) in [4.78, 5) is 2.05. The molecule has 0 N–H and O–H groups in total. The van der Waals surface area contributed by atoms with Crippen molar-refractivity contribution in [2.75, 3.05) is 13.1 Å². The van der Waals surface area contributed by atoms with Crippen molar-refractivity contribution in [2.45, 2.75) is 19.3 Å². The summed E-state index contributed by atoms with van der Waals surface area (Å²) in [6.45, 7) is -0.812. The zero-order valence-electron chi connectivity index (χ0n) is 9.27. The van der Waals surface area contributed by atoms with E-state index >= 15 is 0 Å². The average Bonchev–Trinajstić information content (AvgIpc) is 2.26. The predicted molar refractivity (Wildman–Crippen MR) is 60.5 cm³/mol. The molecule has 0 spiro atoms. The Morgan fingerprint density at radius 1 is 1.35 bits per heavy atom. The minimum Gasteiger partial charge on any atom is -0.317 e. The molecule has 1 saturated heterocycles. The number of hydrogen-bond acceptors (Lipinski definition) is 2. The largest absolute Gasteiger partial charge is 0.345 e. The molecular weight excluding hydrogens is 224 g/mol. The monoisotopic (exact) mass is 237 g/mol. The van der Waals surface area contributed by atoms with Gasteiger partial charge >= 0.3 is 6.61 Å². The number of benzene rings is 1. The van der Waals surface area contributed by atoms with E-state index in [9.17, 15) is 8.78 Å². The second-order valence-electron chi connectivity index (χ2n) is 4.05. The Morgan fingerprint density at radius 3 is 2.53 bits per heavy atom. The lowest BCUT2D eigenvalue weighted by Gasteiger charge is -2.38. The fourth-order valence-electron chi connectivity index (χ4n) is 1.85. The second kappa shape index (κ2) is 5.26. The summed E-state index contributed by atoms with van der Waals surface area (Å²) < 4.78 is 28.2. The standard InChI is InChI=1S/C13H13F2NO/c1-2-10-3-5-11(6-4-10)7-16-8-12(9-16)17-13(14)15/h1,3-6,12-13H,7-9H2. The molecule has 2 nitrogen and oxygen atoms in total. The van der Waals surface area contributed by atoms with Crippen molar-refractivity contribution < 1.29 is 13.5 Å². The van der Waals surface area contributed by atoms with Crippen molar-refractivity contribution in [2.24, 2.45) is 0 Å². The molecule has 1 fully saturated rings. The third-order valence-electron chi connectivity index (χ3n) is 2.75. The van der Waals surface area contributed by atoms with Gasteiger partial charge in [-0.1, -0.05) is 18.1 Å². The first-order chi connectivity index (χ1) is 8.17. The Balaban J connectivity index is 1.78. The van der Waals surface area contributed by atoms with Crippen LogP contribution in [0.5, 0.6) is 0 Å². The van der Waals surface area contributed by atoms with Gasteiger partial charge in [-0.3, -0.25) is 4.90 Å². The van der Waals surface area contributed by atoms with E-state index in [1.807, 2.05) is 24.3 Å². The van der Waals surface area contributed by atoms with Crippen LogP contribution in [-0.4, -0.2) is 30.7 Å². The Kier molecular flexibility index (Phi) is 3.72. The number of nitrogens with zero attached hydrogens (tertiary/aromatic N) is 1. The summed E-state index contributed by atoms with van der Waals surface area (Å²) in [5.41, 5.74) is 1.97. The van der Waals surface area contributed by atoms with Crippen molar-refractivity contribution in [1.29, 1.82) is 0 Å². The Bertz CT molecular complexity index is 404. The third kappa shape index (κ3) is 3.26. The van der Waals surface area contributed by atoms with E-state index in [0.29, 0.717) is 13.1 Å². The van der Waals surface area contributed by atoms with Crippen LogP contribution in [0.3, 0.4) is 0 Å². The van der Waals surface area contributed by atoms with Crippen LogP contribution in [0.2, 0.25) is 0 Å². The van der Waals surface area contributed by atoms with Crippen LogP contribution in [0.25, 0.3) is 0 Å². The first-order valence-corrected chi connectivity index (χ1v) is 5.39. The molecule has 1 aliphatic heterocycles. The summed E-state index contributed by atoms with van der Waals surface area (Å²) in [6, 6.07) is 7.66. The zero-order chi connectivity index (χ0) is 12.3. The zero-order valence-corrected chi connectivity index (χ0v) is 9.27. The van der Waals surface area contributed by atoms with Crippen molar-refractivity contribution in [1.82, 2.24) is 4.90 Å². The predicted octanol–water partition coefficient (Wildman–Crippen LogP) is 2.09. The highest BCUT2D eigenvalue weighted by Crippen LogP contribution is 2.17. The molecule has 0 amide bonds. The van der Waals surface area contributed by atoms with E-state index in [1.165, 1.54) is 0 Å². The number of hydrogen-bond donors (Lipinski definition) is 0. The molecule has 1 heterocycles. The molecule has 4 heteroatoms. The van der Waals surface area contributed by atoms with Crippen molar-refractivity contribution >= 4 is 0 Å². The van der Waals surface area contributed by atoms with E-state index in [4.69, 9.17) is 6.42 Å². The topological polar surface area (TPSA) is 12.5 Å². The van der Waals surface area contributed by atoms with Gasteiger partial charge in [0.1, 0.15) is 0 Å². The molecule has 0 aromatic heterocycles. The SMILES string of the molecule is C#Cc1ccc(CN2CC(OC(F)F)C2)cc1. The molecule has 0 saturated carbocycles. The highest BCUT2D eigenvalue weighted by molar-refractivity contribution is 5.34. The van der Waals surface area contributed by atoms with Crippen molar-refractivity contribution in [3.8, 4) is 12.3 Å². The molecule has 0 unspecified atom stereocenters. The highest BCUT2D eigenvalue weighted by Gasteiger charge is 2.29. The number of alkyl halides is 2.